The number of nitrogens with zero attached hydrogens (tertiary/aromatic N) is 2. The monoisotopic (exact) mass is 258 g/mol. The molecule has 0 unspecified atom stereocenters. The third-order valence-corrected chi connectivity index (χ3v) is 2.83. The minimum Gasteiger partial charge on any atom is -0.480 e. The highest BCUT2D eigenvalue weighted by atomic mass is 16.5. The lowest BCUT2D eigenvalue weighted by Crippen LogP contribution is -2.54. The van der Waals surface area contributed by atoms with Gasteiger partial charge in [0.2, 0.25) is 0 Å². The molecule has 1 saturated heterocycles. The molecule has 0 radical (unpaired) electrons. The van der Waals surface area contributed by atoms with E-state index >= 15 is 0 Å². The van der Waals surface area contributed by atoms with E-state index in [4.69, 9.17) is 9.84 Å². The van der Waals surface area contributed by atoms with Crippen molar-refractivity contribution in [3.8, 4) is 0 Å². The summed E-state index contributed by atoms with van der Waals surface area (Å²) in [5, 5.41) is 8.91. The molecule has 0 aromatic heterocycles. The fraction of sp³-hybridized carbons (Fsp3) is 0.833. The Morgan fingerprint density at radius 2 is 1.94 bits per heavy atom. The van der Waals surface area contributed by atoms with Crippen molar-refractivity contribution < 1.29 is 19.4 Å². The summed E-state index contributed by atoms with van der Waals surface area (Å²) in [6, 6.07) is -0.226. The minimum atomic E-state index is -0.996. The molecule has 2 amide bonds. The molecule has 0 spiro atoms. The van der Waals surface area contributed by atoms with Crippen LogP contribution < -0.4 is 0 Å². The van der Waals surface area contributed by atoms with Crippen molar-refractivity contribution in [3.05, 3.63) is 0 Å². The summed E-state index contributed by atoms with van der Waals surface area (Å²) in [4.78, 5) is 26.3. The van der Waals surface area contributed by atoms with Crippen molar-refractivity contribution in [1.29, 1.82) is 0 Å². The Morgan fingerprint density at radius 1 is 1.28 bits per heavy atom. The summed E-state index contributed by atoms with van der Waals surface area (Å²) < 4.78 is 5.29. The topological polar surface area (TPSA) is 70.1 Å². The van der Waals surface area contributed by atoms with Crippen LogP contribution in [-0.4, -0.2) is 65.3 Å². The van der Waals surface area contributed by atoms with E-state index in [-0.39, 0.29) is 12.6 Å². The third-order valence-electron chi connectivity index (χ3n) is 2.83. The molecule has 1 rings (SSSR count). The highest BCUT2D eigenvalue weighted by Gasteiger charge is 2.31. The first-order valence-corrected chi connectivity index (χ1v) is 6.18. The standard InChI is InChI=1S/C12H22N2O4/c1-12(2,3)14(9-10(15)16)11(17)13-5-4-7-18-8-6-13/h4-9H2,1-3H3,(H,15,16). The zero-order valence-electron chi connectivity index (χ0n) is 11.3. The number of carboxylic acids is 1. The minimum absolute atomic E-state index is 0.226. The lowest BCUT2D eigenvalue weighted by atomic mass is 10.1. The lowest BCUT2D eigenvalue weighted by molar-refractivity contribution is -0.138. The summed E-state index contributed by atoms with van der Waals surface area (Å²) in [6.45, 7) is 7.53. The predicted molar refractivity (Wildman–Crippen MR) is 66.5 cm³/mol. The number of rotatable bonds is 2. The second kappa shape index (κ2) is 6.04. The fourth-order valence-corrected chi connectivity index (χ4v) is 1.84. The normalized spacial score (nSPS) is 17.2. The Balaban J connectivity index is 2.77. The van der Waals surface area contributed by atoms with Crippen molar-refractivity contribution in [2.24, 2.45) is 0 Å². The van der Waals surface area contributed by atoms with Gasteiger partial charge in [-0.3, -0.25) is 4.79 Å². The molecule has 1 heterocycles. The average Bonchev–Trinajstić information content (AvgIpc) is 2.51. The van der Waals surface area contributed by atoms with Crippen LogP contribution in [0.5, 0.6) is 0 Å². The van der Waals surface area contributed by atoms with Gasteiger partial charge >= 0.3 is 12.0 Å². The van der Waals surface area contributed by atoms with Gasteiger partial charge in [0.25, 0.3) is 0 Å². The Bertz CT molecular complexity index is 304. The third kappa shape index (κ3) is 4.18. The van der Waals surface area contributed by atoms with Gasteiger partial charge in [0.05, 0.1) is 6.61 Å². The predicted octanol–water partition coefficient (Wildman–Crippen LogP) is 1.01. The molecule has 1 aliphatic rings. The first-order valence-electron chi connectivity index (χ1n) is 6.18. The Kier molecular flexibility index (Phi) is 4.95. The molecule has 6 nitrogen and oxygen atoms in total. The molecular formula is C12H22N2O4. The molecule has 1 N–H and O–H groups in total. The van der Waals surface area contributed by atoms with Crippen LogP contribution >= 0.6 is 0 Å². The number of ether oxygens (including phenoxy) is 1. The van der Waals surface area contributed by atoms with Crippen LogP contribution in [-0.2, 0) is 9.53 Å². The molecule has 104 valence electrons. The Morgan fingerprint density at radius 3 is 2.50 bits per heavy atom. The summed E-state index contributed by atoms with van der Waals surface area (Å²) in [5.74, 6) is -0.996. The number of urea groups is 1. The number of carboxylic acid groups (broad SMARTS) is 1. The maximum Gasteiger partial charge on any atom is 0.323 e. The van der Waals surface area contributed by atoms with E-state index in [0.717, 1.165) is 6.42 Å². The van der Waals surface area contributed by atoms with Crippen LogP contribution in [0.3, 0.4) is 0 Å². The quantitative estimate of drug-likeness (QED) is 0.802. The number of amides is 2. The zero-order valence-corrected chi connectivity index (χ0v) is 11.3. The van der Waals surface area contributed by atoms with E-state index < -0.39 is 11.5 Å². The molecule has 0 aliphatic carbocycles. The second-order valence-corrected chi connectivity index (χ2v) is 5.39. The molecule has 0 saturated carbocycles. The van der Waals surface area contributed by atoms with E-state index in [2.05, 4.69) is 0 Å². The maximum absolute atomic E-state index is 12.4. The fourth-order valence-electron chi connectivity index (χ4n) is 1.84. The van der Waals surface area contributed by atoms with Crippen LogP contribution in [0.1, 0.15) is 27.2 Å². The molecule has 0 aromatic rings. The van der Waals surface area contributed by atoms with Gasteiger partial charge in [-0.25, -0.2) is 4.79 Å². The van der Waals surface area contributed by atoms with E-state index in [9.17, 15) is 9.59 Å². The van der Waals surface area contributed by atoms with Crippen LogP contribution in [0.25, 0.3) is 0 Å². The number of carbonyl (C=O) groups excluding carboxylic acids is 1. The molecular weight excluding hydrogens is 236 g/mol. The van der Waals surface area contributed by atoms with Crippen LogP contribution in [0.2, 0.25) is 0 Å². The van der Waals surface area contributed by atoms with Crippen LogP contribution in [0.4, 0.5) is 4.79 Å². The number of aliphatic carboxylic acids is 1. The molecule has 0 bridgehead atoms. The van der Waals surface area contributed by atoms with Crippen molar-refractivity contribution in [1.82, 2.24) is 9.80 Å². The van der Waals surface area contributed by atoms with Gasteiger partial charge < -0.3 is 19.6 Å². The zero-order chi connectivity index (χ0) is 13.8. The first kappa shape index (κ1) is 14.8. The summed E-state index contributed by atoms with van der Waals surface area (Å²) in [5.41, 5.74) is -0.511. The molecule has 0 aromatic carbocycles. The molecule has 1 aliphatic heterocycles. The molecule has 6 heteroatoms. The Labute approximate surface area is 107 Å². The van der Waals surface area contributed by atoms with Crippen molar-refractivity contribution in [2.45, 2.75) is 32.7 Å². The molecule has 0 atom stereocenters. The summed E-state index contributed by atoms with van der Waals surface area (Å²) in [6.07, 6.45) is 0.788. The Hall–Kier alpha value is -1.30. The number of carbonyl (C=O) groups is 2. The summed E-state index contributed by atoms with van der Waals surface area (Å²) in [7, 11) is 0. The number of hydrogen-bond acceptors (Lipinski definition) is 3. The van der Waals surface area contributed by atoms with Gasteiger partial charge in [-0.05, 0) is 27.2 Å². The van der Waals surface area contributed by atoms with Gasteiger partial charge in [0, 0.05) is 25.2 Å². The van der Waals surface area contributed by atoms with E-state index in [1.165, 1.54) is 4.90 Å². The first-order chi connectivity index (χ1) is 8.32. The highest BCUT2D eigenvalue weighted by Crippen LogP contribution is 2.16. The largest absolute Gasteiger partial charge is 0.480 e. The van der Waals surface area contributed by atoms with E-state index in [1.54, 1.807) is 4.90 Å². The van der Waals surface area contributed by atoms with E-state index in [0.29, 0.717) is 26.3 Å². The SMILES string of the molecule is CC(C)(C)N(CC(=O)O)C(=O)N1CCCOCC1. The van der Waals surface area contributed by atoms with Crippen molar-refractivity contribution in [3.63, 3.8) is 0 Å². The lowest BCUT2D eigenvalue weighted by Gasteiger charge is -2.37. The van der Waals surface area contributed by atoms with Gasteiger partial charge in [-0.15, -0.1) is 0 Å². The smallest absolute Gasteiger partial charge is 0.323 e. The number of hydrogen-bond donors (Lipinski definition) is 1. The van der Waals surface area contributed by atoms with Gasteiger partial charge in [-0.2, -0.15) is 0 Å². The van der Waals surface area contributed by atoms with Crippen molar-refractivity contribution in [2.75, 3.05) is 32.8 Å². The maximum atomic E-state index is 12.4. The van der Waals surface area contributed by atoms with Gasteiger partial charge in [0.1, 0.15) is 6.54 Å². The van der Waals surface area contributed by atoms with Crippen LogP contribution in [0.15, 0.2) is 0 Å². The average molecular weight is 258 g/mol. The second-order valence-electron chi connectivity index (χ2n) is 5.39. The van der Waals surface area contributed by atoms with Crippen LogP contribution in [0, 0.1) is 0 Å². The summed E-state index contributed by atoms with van der Waals surface area (Å²) >= 11 is 0. The van der Waals surface area contributed by atoms with Gasteiger partial charge in [-0.1, -0.05) is 0 Å². The van der Waals surface area contributed by atoms with Gasteiger partial charge in [0.15, 0.2) is 0 Å². The van der Waals surface area contributed by atoms with Crippen molar-refractivity contribution >= 4 is 12.0 Å². The highest BCUT2D eigenvalue weighted by molar-refractivity contribution is 5.80. The van der Waals surface area contributed by atoms with E-state index in [1.807, 2.05) is 20.8 Å². The molecule has 18 heavy (non-hydrogen) atoms. The molecule has 1 fully saturated rings.